The third-order valence-corrected chi connectivity index (χ3v) is 5.60. The quantitative estimate of drug-likeness (QED) is 0.862. The number of carbonyl (C=O) groups is 3. The molecule has 27 heavy (non-hydrogen) atoms. The van der Waals surface area contributed by atoms with E-state index in [0.29, 0.717) is 39.0 Å². The maximum absolute atomic E-state index is 13.0. The van der Waals surface area contributed by atoms with E-state index in [2.05, 4.69) is 0 Å². The summed E-state index contributed by atoms with van der Waals surface area (Å²) in [6.45, 7) is 2.17. The summed E-state index contributed by atoms with van der Waals surface area (Å²) in [5.74, 6) is -0.925. The van der Waals surface area contributed by atoms with Gasteiger partial charge < -0.3 is 15.5 Å². The van der Waals surface area contributed by atoms with Gasteiger partial charge in [-0.05, 0) is 43.4 Å². The molecule has 2 fully saturated rings. The molecule has 2 N–H and O–H groups in total. The highest BCUT2D eigenvalue weighted by molar-refractivity contribution is 5.83. The average Bonchev–Trinajstić information content (AvgIpc) is 2.69. The lowest BCUT2D eigenvalue weighted by atomic mass is 9.92. The fourth-order valence-corrected chi connectivity index (χ4v) is 3.94. The van der Waals surface area contributed by atoms with Crippen molar-refractivity contribution in [2.75, 3.05) is 26.2 Å². The van der Waals surface area contributed by atoms with Gasteiger partial charge in [0.15, 0.2) is 0 Å². The Bertz CT molecular complexity index is 699. The molecule has 1 aromatic rings. The van der Waals surface area contributed by atoms with Crippen LogP contribution in [0.3, 0.4) is 0 Å². The van der Waals surface area contributed by atoms with E-state index in [9.17, 15) is 18.8 Å². The van der Waals surface area contributed by atoms with Gasteiger partial charge >= 0.3 is 0 Å². The SMILES string of the molecule is NC(=O)C1CCN(C(=O)C2CCCN(C(=O)Cc3ccc(F)cc3)C2)CC1. The van der Waals surface area contributed by atoms with Crippen LogP contribution >= 0.6 is 0 Å². The van der Waals surface area contributed by atoms with Crippen molar-refractivity contribution in [3.63, 3.8) is 0 Å². The van der Waals surface area contributed by atoms with Crippen LogP contribution in [-0.2, 0) is 20.8 Å². The van der Waals surface area contributed by atoms with Crippen LogP contribution in [0, 0.1) is 17.7 Å². The zero-order chi connectivity index (χ0) is 19.4. The molecular weight excluding hydrogens is 349 g/mol. The third kappa shape index (κ3) is 4.84. The number of piperidine rings is 2. The standard InChI is InChI=1S/C20H26FN3O3/c21-17-5-3-14(4-6-17)12-18(25)24-9-1-2-16(13-24)20(27)23-10-7-15(8-11-23)19(22)26/h3-6,15-16H,1-2,7-13H2,(H2,22,26). The van der Waals surface area contributed by atoms with Gasteiger partial charge in [0.25, 0.3) is 0 Å². The molecule has 0 bridgehead atoms. The first-order valence-electron chi connectivity index (χ1n) is 9.54. The van der Waals surface area contributed by atoms with Gasteiger partial charge in [-0.2, -0.15) is 0 Å². The van der Waals surface area contributed by atoms with Gasteiger partial charge in [-0.15, -0.1) is 0 Å². The molecule has 3 rings (SSSR count). The van der Waals surface area contributed by atoms with Crippen molar-refractivity contribution in [3.05, 3.63) is 35.6 Å². The third-order valence-electron chi connectivity index (χ3n) is 5.60. The largest absolute Gasteiger partial charge is 0.369 e. The molecule has 0 spiro atoms. The van der Waals surface area contributed by atoms with Gasteiger partial charge in [0, 0.05) is 32.1 Å². The second kappa shape index (κ2) is 8.50. The second-order valence-corrected chi connectivity index (χ2v) is 7.48. The zero-order valence-corrected chi connectivity index (χ0v) is 15.4. The molecule has 6 nitrogen and oxygen atoms in total. The topological polar surface area (TPSA) is 83.7 Å². The zero-order valence-electron chi connectivity index (χ0n) is 15.4. The van der Waals surface area contributed by atoms with E-state index in [1.54, 1.807) is 21.9 Å². The number of benzene rings is 1. The van der Waals surface area contributed by atoms with E-state index in [-0.39, 0.29) is 41.8 Å². The predicted molar refractivity (Wildman–Crippen MR) is 97.9 cm³/mol. The summed E-state index contributed by atoms with van der Waals surface area (Å²) in [5, 5.41) is 0. The molecule has 0 radical (unpaired) electrons. The van der Waals surface area contributed by atoms with Gasteiger partial charge in [0.2, 0.25) is 17.7 Å². The number of amides is 3. The smallest absolute Gasteiger partial charge is 0.227 e. The van der Waals surface area contributed by atoms with E-state index in [1.807, 2.05) is 0 Å². The molecule has 2 heterocycles. The Morgan fingerprint density at radius 2 is 1.63 bits per heavy atom. The van der Waals surface area contributed by atoms with Crippen molar-refractivity contribution >= 4 is 17.7 Å². The number of halogens is 1. The summed E-state index contributed by atoms with van der Waals surface area (Å²) in [5.41, 5.74) is 6.11. The van der Waals surface area contributed by atoms with Gasteiger partial charge in [-0.3, -0.25) is 14.4 Å². The van der Waals surface area contributed by atoms with Gasteiger partial charge in [0.05, 0.1) is 12.3 Å². The molecular formula is C20H26FN3O3. The van der Waals surface area contributed by atoms with E-state index in [0.717, 1.165) is 18.4 Å². The Morgan fingerprint density at radius 3 is 2.26 bits per heavy atom. The average molecular weight is 375 g/mol. The van der Waals surface area contributed by atoms with Crippen LogP contribution in [0.1, 0.15) is 31.2 Å². The molecule has 7 heteroatoms. The second-order valence-electron chi connectivity index (χ2n) is 7.48. The molecule has 0 aliphatic carbocycles. The summed E-state index contributed by atoms with van der Waals surface area (Å²) in [6.07, 6.45) is 3.01. The number of primary amides is 1. The summed E-state index contributed by atoms with van der Waals surface area (Å²) in [4.78, 5) is 40.2. The minimum Gasteiger partial charge on any atom is -0.369 e. The molecule has 2 saturated heterocycles. The summed E-state index contributed by atoms with van der Waals surface area (Å²) in [7, 11) is 0. The first-order valence-corrected chi connectivity index (χ1v) is 9.54. The Kier molecular flexibility index (Phi) is 6.08. The Balaban J connectivity index is 1.54. The lowest BCUT2D eigenvalue weighted by molar-refractivity contribution is -0.142. The maximum atomic E-state index is 13.0. The number of hydrogen-bond acceptors (Lipinski definition) is 3. The minimum atomic E-state index is -0.324. The lowest BCUT2D eigenvalue weighted by Gasteiger charge is -2.37. The Hall–Kier alpha value is -2.44. The normalized spacial score (nSPS) is 21.1. The first kappa shape index (κ1) is 19.3. The molecule has 2 aliphatic heterocycles. The van der Waals surface area contributed by atoms with E-state index in [1.165, 1.54) is 12.1 Å². The molecule has 1 aromatic carbocycles. The molecule has 0 saturated carbocycles. The van der Waals surface area contributed by atoms with Crippen molar-refractivity contribution < 1.29 is 18.8 Å². The highest BCUT2D eigenvalue weighted by Crippen LogP contribution is 2.23. The van der Waals surface area contributed by atoms with Crippen LogP contribution < -0.4 is 5.73 Å². The first-order chi connectivity index (χ1) is 12.9. The minimum absolute atomic E-state index is 0.0356. The lowest BCUT2D eigenvalue weighted by Crippen LogP contribution is -2.49. The van der Waals surface area contributed by atoms with Crippen LogP contribution in [0.25, 0.3) is 0 Å². The summed E-state index contributed by atoms with van der Waals surface area (Å²) in [6, 6.07) is 5.92. The van der Waals surface area contributed by atoms with Crippen molar-refractivity contribution in [2.45, 2.75) is 32.1 Å². The van der Waals surface area contributed by atoms with Crippen LogP contribution in [0.4, 0.5) is 4.39 Å². The number of rotatable bonds is 4. The van der Waals surface area contributed by atoms with Crippen molar-refractivity contribution in [2.24, 2.45) is 17.6 Å². The van der Waals surface area contributed by atoms with E-state index >= 15 is 0 Å². The van der Waals surface area contributed by atoms with Gasteiger partial charge in [-0.1, -0.05) is 12.1 Å². The fraction of sp³-hybridized carbons (Fsp3) is 0.550. The molecule has 3 amide bonds. The molecule has 146 valence electrons. The monoisotopic (exact) mass is 375 g/mol. The van der Waals surface area contributed by atoms with Crippen molar-refractivity contribution in [1.82, 2.24) is 9.80 Å². The van der Waals surface area contributed by atoms with Gasteiger partial charge in [-0.25, -0.2) is 4.39 Å². The van der Waals surface area contributed by atoms with Crippen molar-refractivity contribution in [3.8, 4) is 0 Å². The molecule has 1 unspecified atom stereocenters. The number of hydrogen-bond donors (Lipinski definition) is 1. The Labute approximate surface area is 158 Å². The van der Waals surface area contributed by atoms with Crippen molar-refractivity contribution in [1.29, 1.82) is 0 Å². The van der Waals surface area contributed by atoms with Crippen LogP contribution in [0.2, 0.25) is 0 Å². The number of nitrogens with two attached hydrogens (primary N) is 1. The molecule has 2 aliphatic rings. The summed E-state index contributed by atoms with van der Waals surface area (Å²) < 4.78 is 13.0. The Morgan fingerprint density at radius 1 is 0.963 bits per heavy atom. The highest BCUT2D eigenvalue weighted by Gasteiger charge is 2.33. The van der Waals surface area contributed by atoms with E-state index in [4.69, 9.17) is 5.73 Å². The number of likely N-dealkylation sites (tertiary alicyclic amines) is 2. The fourth-order valence-electron chi connectivity index (χ4n) is 3.94. The summed E-state index contributed by atoms with van der Waals surface area (Å²) >= 11 is 0. The number of nitrogens with zero attached hydrogens (tertiary/aromatic N) is 2. The van der Waals surface area contributed by atoms with Crippen LogP contribution in [-0.4, -0.2) is 53.7 Å². The van der Waals surface area contributed by atoms with Crippen LogP contribution in [0.15, 0.2) is 24.3 Å². The molecule has 1 atom stereocenters. The highest BCUT2D eigenvalue weighted by atomic mass is 19.1. The maximum Gasteiger partial charge on any atom is 0.227 e. The van der Waals surface area contributed by atoms with Crippen LogP contribution in [0.5, 0.6) is 0 Å². The predicted octanol–water partition coefficient (Wildman–Crippen LogP) is 1.33. The van der Waals surface area contributed by atoms with Gasteiger partial charge in [0.1, 0.15) is 5.82 Å². The number of carbonyl (C=O) groups excluding carboxylic acids is 3. The molecule has 0 aromatic heterocycles. The van der Waals surface area contributed by atoms with E-state index < -0.39 is 0 Å².